The van der Waals surface area contributed by atoms with Crippen LogP contribution in [0.3, 0.4) is 0 Å². The van der Waals surface area contributed by atoms with Crippen LogP contribution in [0.1, 0.15) is 30.4 Å². The highest BCUT2D eigenvalue weighted by molar-refractivity contribution is 5.63. The lowest BCUT2D eigenvalue weighted by atomic mass is 9.97. The number of hydrogen-bond donors (Lipinski definition) is 1. The van der Waals surface area contributed by atoms with Gasteiger partial charge in [0.25, 0.3) is 0 Å². The third-order valence-corrected chi connectivity index (χ3v) is 3.30. The van der Waals surface area contributed by atoms with Gasteiger partial charge in [-0.3, -0.25) is 0 Å². The van der Waals surface area contributed by atoms with Crippen LogP contribution in [-0.4, -0.2) is 0 Å². The molecule has 0 amide bonds. The van der Waals surface area contributed by atoms with E-state index in [1.54, 1.807) is 0 Å². The maximum Gasteiger partial charge on any atom is 0.0387 e. The zero-order valence-corrected chi connectivity index (χ0v) is 9.95. The average molecular weight is 223 g/mol. The number of hydrogen-bond acceptors (Lipinski definition) is 1. The van der Waals surface area contributed by atoms with Crippen LogP contribution in [0.25, 0.3) is 6.08 Å². The summed E-state index contributed by atoms with van der Waals surface area (Å²) in [6.07, 6.45) is 15.8. The maximum absolute atomic E-state index is 3.48. The molecule has 1 heteroatoms. The number of rotatable bonds is 2. The molecule has 1 N–H and O–H groups in total. The van der Waals surface area contributed by atoms with Crippen LogP contribution in [0.15, 0.2) is 48.2 Å². The summed E-state index contributed by atoms with van der Waals surface area (Å²) in [6.45, 7) is 0. The Labute approximate surface area is 103 Å². The quantitative estimate of drug-likeness (QED) is 0.788. The van der Waals surface area contributed by atoms with Gasteiger partial charge in [0.2, 0.25) is 0 Å². The van der Waals surface area contributed by atoms with Gasteiger partial charge >= 0.3 is 0 Å². The summed E-state index contributed by atoms with van der Waals surface area (Å²) < 4.78 is 0. The van der Waals surface area contributed by atoms with E-state index in [1.807, 2.05) is 0 Å². The lowest BCUT2D eigenvalue weighted by Crippen LogP contribution is -2.01. The standard InChI is InChI=1S/C16H17N/c1-2-8-15(9-3-1)17-16-11-10-13-6-4-5-7-14(13)12-16/h2,4,6,8-12,17H,1,3,5,7H2. The molecule has 0 atom stereocenters. The minimum absolute atomic E-state index is 1.15. The monoisotopic (exact) mass is 223 g/mol. The van der Waals surface area contributed by atoms with E-state index in [0.29, 0.717) is 0 Å². The summed E-state index contributed by atoms with van der Waals surface area (Å²) in [5.41, 5.74) is 5.26. The van der Waals surface area contributed by atoms with Gasteiger partial charge in [-0.25, -0.2) is 0 Å². The number of anilines is 1. The first-order chi connectivity index (χ1) is 8.42. The summed E-state index contributed by atoms with van der Waals surface area (Å²) in [7, 11) is 0. The van der Waals surface area contributed by atoms with Crippen molar-refractivity contribution in [2.75, 3.05) is 5.32 Å². The molecular formula is C16H17N. The molecule has 0 aliphatic heterocycles. The molecule has 2 aliphatic rings. The fourth-order valence-electron chi connectivity index (χ4n) is 2.38. The minimum Gasteiger partial charge on any atom is -0.356 e. The topological polar surface area (TPSA) is 12.0 Å². The predicted molar refractivity (Wildman–Crippen MR) is 73.9 cm³/mol. The molecule has 0 spiro atoms. The normalized spacial score (nSPS) is 17.5. The zero-order chi connectivity index (χ0) is 11.5. The summed E-state index contributed by atoms with van der Waals surface area (Å²) >= 11 is 0. The average Bonchev–Trinajstić information content (AvgIpc) is 2.40. The molecule has 1 nitrogen and oxygen atoms in total. The van der Waals surface area contributed by atoms with Crippen LogP contribution in [0.2, 0.25) is 0 Å². The Hall–Kier alpha value is -1.76. The van der Waals surface area contributed by atoms with Gasteiger partial charge in [-0.05, 0) is 55.0 Å². The highest BCUT2D eigenvalue weighted by Gasteiger charge is 2.05. The third-order valence-electron chi connectivity index (χ3n) is 3.30. The number of fused-ring (bicyclic) bond motifs is 1. The molecule has 0 aromatic heterocycles. The number of allylic oxidation sites excluding steroid dienone is 4. The van der Waals surface area contributed by atoms with Crippen LogP contribution >= 0.6 is 0 Å². The van der Waals surface area contributed by atoms with Gasteiger partial charge in [-0.15, -0.1) is 0 Å². The first kappa shape index (κ1) is 10.4. The predicted octanol–water partition coefficient (Wildman–Crippen LogP) is 4.29. The Bertz CT molecular complexity index is 506. The van der Waals surface area contributed by atoms with Gasteiger partial charge in [0.15, 0.2) is 0 Å². The maximum atomic E-state index is 3.48. The van der Waals surface area contributed by atoms with E-state index in [0.717, 1.165) is 12.8 Å². The molecule has 0 saturated carbocycles. The second-order valence-electron chi connectivity index (χ2n) is 4.62. The van der Waals surface area contributed by atoms with Crippen molar-refractivity contribution in [3.63, 3.8) is 0 Å². The Morgan fingerprint density at radius 3 is 2.76 bits per heavy atom. The second kappa shape index (κ2) is 4.62. The number of nitrogens with one attached hydrogen (secondary N) is 1. The van der Waals surface area contributed by atoms with E-state index in [4.69, 9.17) is 0 Å². The molecule has 0 saturated heterocycles. The summed E-state index contributed by atoms with van der Waals surface area (Å²) in [5.74, 6) is 0. The van der Waals surface area contributed by atoms with Crippen LogP contribution in [0, 0.1) is 0 Å². The Morgan fingerprint density at radius 2 is 1.88 bits per heavy atom. The van der Waals surface area contributed by atoms with Gasteiger partial charge < -0.3 is 5.32 Å². The van der Waals surface area contributed by atoms with Crippen LogP contribution in [0.5, 0.6) is 0 Å². The summed E-state index contributed by atoms with van der Waals surface area (Å²) in [6, 6.07) is 6.65. The lowest BCUT2D eigenvalue weighted by Gasteiger charge is -2.15. The molecule has 0 unspecified atom stereocenters. The largest absolute Gasteiger partial charge is 0.356 e. The Kier molecular flexibility index (Phi) is 2.83. The van der Waals surface area contributed by atoms with E-state index < -0.39 is 0 Å². The smallest absolute Gasteiger partial charge is 0.0387 e. The molecule has 0 bridgehead atoms. The van der Waals surface area contributed by atoms with E-state index in [-0.39, 0.29) is 0 Å². The van der Waals surface area contributed by atoms with Gasteiger partial charge in [0.05, 0.1) is 0 Å². The van der Waals surface area contributed by atoms with Crippen molar-refractivity contribution in [1.82, 2.24) is 0 Å². The van der Waals surface area contributed by atoms with Crippen molar-refractivity contribution < 1.29 is 0 Å². The number of benzene rings is 1. The van der Waals surface area contributed by atoms with Crippen LogP contribution in [0.4, 0.5) is 5.69 Å². The summed E-state index contributed by atoms with van der Waals surface area (Å²) in [5, 5.41) is 3.48. The molecule has 0 fully saturated rings. The second-order valence-corrected chi connectivity index (χ2v) is 4.62. The molecule has 3 rings (SSSR count). The Morgan fingerprint density at radius 1 is 0.941 bits per heavy atom. The highest BCUT2D eigenvalue weighted by Crippen LogP contribution is 2.24. The third kappa shape index (κ3) is 2.33. The molecule has 86 valence electrons. The van der Waals surface area contributed by atoms with Gasteiger partial charge in [-0.1, -0.05) is 30.4 Å². The van der Waals surface area contributed by atoms with Gasteiger partial charge in [-0.2, -0.15) is 0 Å². The minimum atomic E-state index is 1.15. The van der Waals surface area contributed by atoms with Crippen molar-refractivity contribution in [3.8, 4) is 0 Å². The SMILES string of the molecule is C1=CC(Nc2ccc3c(c2)CCC=C3)=CCC1. The van der Waals surface area contributed by atoms with Crippen molar-refractivity contribution in [3.05, 3.63) is 59.3 Å². The zero-order valence-electron chi connectivity index (χ0n) is 9.95. The molecular weight excluding hydrogens is 206 g/mol. The summed E-state index contributed by atoms with van der Waals surface area (Å²) in [4.78, 5) is 0. The van der Waals surface area contributed by atoms with E-state index >= 15 is 0 Å². The Balaban J connectivity index is 1.82. The van der Waals surface area contributed by atoms with Gasteiger partial charge in [0, 0.05) is 11.4 Å². The number of aryl methyl sites for hydroxylation is 1. The molecule has 0 radical (unpaired) electrons. The molecule has 2 aliphatic carbocycles. The van der Waals surface area contributed by atoms with E-state index in [9.17, 15) is 0 Å². The van der Waals surface area contributed by atoms with Crippen molar-refractivity contribution >= 4 is 11.8 Å². The fourth-order valence-corrected chi connectivity index (χ4v) is 2.38. The molecule has 1 aromatic carbocycles. The lowest BCUT2D eigenvalue weighted by molar-refractivity contribution is 0.985. The van der Waals surface area contributed by atoms with Gasteiger partial charge in [0.1, 0.15) is 0 Å². The molecule has 1 aromatic rings. The van der Waals surface area contributed by atoms with Crippen LogP contribution in [-0.2, 0) is 6.42 Å². The van der Waals surface area contributed by atoms with E-state index in [2.05, 4.69) is 53.9 Å². The van der Waals surface area contributed by atoms with Crippen molar-refractivity contribution in [2.24, 2.45) is 0 Å². The van der Waals surface area contributed by atoms with E-state index in [1.165, 1.54) is 35.4 Å². The fraction of sp³-hybridized carbons (Fsp3) is 0.250. The molecule has 0 heterocycles. The highest BCUT2D eigenvalue weighted by atomic mass is 14.9. The molecule has 17 heavy (non-hydrogen) atoms. The first-order valence-corrected chi connectivity index (χ1v) is 6.35. The van der Waals surface area contributed by atoms with Crippen LogP contribution < -0.4 is 5.32 Å². The first-order valence-electron chi connectivity index (χ1n) is 6.35. The van der Waals surface area contributed by atoms with Crippen molar-refractivity contribution in [1.29, 1.82) is 0 Å². The van der Waals surface area contributed by atoms with Crippen molar-refractivity contribution in [2.45, 2.75) is 25.7 Å².